The lowest BCUT2D eigenvalue weighted by Gasteiger charge is -2.43. The van der Waals surface area contributed by atoms with Crippen LogP contribution in [0.15, 0.2) is 18.2 Å². The van der Waals surface area contributed by atoms with Crippen molar-refractivity contribution < 1.29 is 4.39 Å². The third-order valence-electron chi connectivity index (χ3n) is 3.19. The van der Waals surface area contributed by atoms with Crippen LogP contribution in [-0.2, 0) is 0 Å². The van der Waals surface area contributed by atoms with Gasteiger partial charge >= 0.3 is 0 Å². The smallest absolute Gasteiger partial charge is 0.125 e. The molecule has 1 saturated heterocycles. The number of halogens is 1. The van der Waals surface area contributed by atoms with Gasteiger partial charge in [0.05, 0.1) is 11.4 Å². The average Bonchev–Trinajstić information content (AvgIpc) is 2.08. The Bertz CT molecular complexity index is 357. The Hall–Kier alpha value is -1.25. The van der Waals surface area contributed by atoms with Gasteiger partial charge in [0.25, 0.3) is 0 Å². The molecule has 0 aromatic heterocycles. The maximum absolute atomic E-state index is 13.0. The summed E-state index contributed by atoms with van der Waals surface area (Å²) in [6, 6.07) is 4.55. The molecule has 1 aliphatic rings. The summed E-state index contributed by atoms with van der Waals surface area (Å²) < 4.78 is 13.0. The van der Waals surface area contributed by atoms with Crippen LogP contribution in [0.4, 0.5) is 15.8 Å². The van der Waals surface area contributed by atoms with E-state index in [-0.39, 0.29) is 5.82 Å². The summed E-state index contributed by atoms with van der Waals surface area (Å²) in [5, 5.41) is 0. The summed E-state index contributed by atoms with van der Waals surface area (Å²) in [6.07, 6.45) is 0. The van der Waals surface area contributed by atoms with Crippen molar-refractivity contribution in [2.45, 2.75) is 13.8 Å². The van der Waals surface area contributed by atoms with E-state index in [1.54, 1.807) is 6.07 Å². The number of nitrogens with two attached hydrogens (primary N) is 1. The predicted octanol–water partition coefficient (Wildman–Crippen LogP) is 2.50. The van der Waals surface area contributed by atoms with Gasteiger partial charge in [-0.1, -0.05) is 13.8 Å². The number of nitrogen functional groups attached to an aromatic ring is 1. The highest BCUT2D eigenvalue weighted by Crippen LogP contribution is 2.33. The third-order valence-corrected chi connectivity index (χ3v) is 3.19. The Morgan fingerprint density at radius 3 is 2.67 bits per heavy atom. The molecule has 0 spiro atoms. The second-order valence-corrected chi connectivity index (χ2v) is 4.61. The fraction of sp³-hybridized carbons (Fsp3) is 0.500. The molecule has 0 amide bonds. The highest BCUT2D eigenvalue weighted by atomic mass is 19.1. The van der Waals surface area contributed by atoms with E-state index in [9.17, 15) is 4.39 Å². The molecule has 15 heavy (non-hydrogen) atoms. The molecule has 0 unspecified atom stereocenters. The lowest BCUT2D eigenvalue weighted by Crippen LogP contribution is -2.49. The van der Waals surface area contributed by atoms with Gasteiger partial charge < -0.3 is 10.6 Å². The van der Waals surface area contributed by atoms with Gasteiger partial charge in [-0.2, -0.15) is 0 Å². The highest BCUT2D eigenvalue weighted by Gasteiger charge is 2.30. The average molecular weight is 208 g/mol. The Morgan fingerprint density at radius 2 is 2.07 bits per heavy atom. The van der Waals surface area contributed by atoms with E-state index in [4.69, 9.17) is 5.73 Å². The molecule has 0 atom stereocenters. The van der Waals surface area contributed by atoms with Crippen molar-refractivity contribution in [3.05, 3.63) is 24.0 Å². The SMILES string of the molecule is CC(C)C1CN(c2cc(F)ccc2N)C1. The van der Waals surface area contributed by atoms with Crippen molar-refractivity contribution in [3.63, 3.8) is 0 Å². The predicted molar refractivity (Wildman–Crippen MR) is 61.4 cm³/mol. The molecular formula is C12H17FN2. The van der Waals surface area contributed by atoms with Gasteiger partial charge in [0.2, 0.25) is 0 Å². The second-order valence-electron chi connectivity index (χ2n) is 4.61. The van der Waals surface area contributed by atoms with E-state index in [0.717, 1.165) is 18.8 Å². The first-order valence-corrected chi connectivity index (χ1v) is 5.38. The minimum atomic E-state index is -0.216. The van der Waals surface area contributed by atoms with Gasteiger partial charge in [-0.15, -0.1) is 0 Å². The standard InChI is InChI=1S/C12H17FN2/c1-8(2)9-6-15(7-9)12-5-10(13)3-4-11(12)14/h3-5,8-9H,6-7,14H2,1-2H3. The molecule has 0 saturated carbocycles. The summed E-state index contributed by atoms with van der Waals surface area (Å²) in [4.78, 5) is 2.14. The van der Waals surface area contributed by atoms with Crippen molar-refractivity contribution in [2.75, 3.05) is 23.7 Å². The third kappa shape index (κ3) is 1.91. The van der Waals surface area contributed by atoms with Crippen LogP contribution < -0.4 is 10.6 Å². The van der Waals surface area contributed by atoms with E-state index in [2.05, 4.69) is 18.7 Å². The van der Waals surface area contributed by atoms with Crippen LogP contribution in [0.1, 0.15) is 13.8 Å². The van der Waals surface area contributed by atoms with Crippen LogP contribution in [0.2, 0.25) is 0 Å². The molecular weight excluding hydrogens is 191 g/mol. The van der Waals surface area contributed by atoms with Gasteiger partial charge in [-0.05, 0) is 30.0 Å². The van der Waals surface area contributed by atoms with E-state index in [1.807, 2.05) is 0 Å². The van der Waals surface area contributed by atoms with Crippen molar-refractivity contribution in [2.24, 2.45) is 11.8 Å². The fourth-order valence-electron chi connectivity index (χ4n) is 1.92. The summed E-state index contributed by atoms with van der Waals surface area (Å²) in [5.41, 5.74) is 7.32. The van der Waals surface area contributed by atoms with E-state index in [0.29, 0.717) is 17.5 Å². The number of anilines is 2. The van der Waals surface area contributed by atoms with Crippen LogP contribution in [0, 0.1) is 17.7 Å². The van der Waals surface area contributed by atoms with Crippen LogP contribution in [0.25, 0.3) is 0 Å². The molecule has 1 aromatic carbocycles. The monoisotopic (exact) mass is 208 g/mol. The van der Waals surface area contributed by atoms with Crippen molar-refractivity contribution in [1.82, 2.24) is 0 Å². The van der Waals surface area contributed by atoms with Crippen molar-refractivity contribution in [3.8, 4) is 0 Å². The Morgan fingerprint density at radius 1 is 1.40 bits per heavy atom. The first-order valence-electron chi connectivity index (χ1n) is 5.38. The molecule has 0 bridgehead atoms. The van der Waals surface area contributed by atoms with Gasteiger partial charge in [0.1, 0.15) is 5.82 Å². The molecule has 2 N–H and O–H groups in total. The molecule has 1 aromatic rings. The summed E-state index contributed by atoms with van der Waals surface area (Å²) in [5.74, 6) is 1.19. The molecule has 1 aliphatic heterocycles. The minimum absolute atomic E-state index is 0.216. The van der Waals surface area contributed by atoms with Gasteiger partial charge in [0.15, 0.2) is 0 Å². The number of nitrogens with zero attached hydrogens (tertiary/aromatic N) is 1. The summed E-state index contributed by atoms with van der Waals surface area (Å²) in [6.45, 7) is 6.42. The lowest BCUT2D eigenvalue weighted by atomic mass is 9.88. The molecule has 3 heteroatoms. The minimum Gasteiger partial charge on any atom is -0.397 e. The van der Waals surface area contributed by atoms with Gasteiger partial charge in [-0.3, -0.25) is 0 Å². The van der Waals surface area contributed by atoms with E-state index in [1.165, 1.54) is 12.1 Å². The Kier molecular flexibility index (Phi) is 2.55. The molecule has 82 valence electrons. The van der Waals surface area contributed by atoms with E-state index >= 15 is 0 Å². The zero-order chi connectivity index (χ0) is 11.0. The lowest BCUT2D eigenvalue weighted by molar-refractivity contribution is 0.310. The summed E-state index contributed by atoms with van der Waals surface area (Å²) >= 11 is 0. The quantitative estimate of drug-likeness (QED) is 0.757. The zero-order valence-electron chi connectivity index (χ0n) is 9.20. The number of hydrogen-bond donors (Lipinski definition) is 1. The van der Waals surface area contributed by atoms with Crippen molar-refractivity contribution in [1.29, 1.82) is 0 Å². The normalized spacial score (nSPS) is 16.9. The van der Waals surface area contributed by atoms with Crippen LogP contribution >= 0.6 is 0 Å². The number of hydrogen-bond acceptors (Lipinski definition) is 2. The van der Waals surface area contributed by atoms with Crippen LogP contribution in [0.3, 0.4) is 0 Å². The molecule has 1 heterocycles. The largest absolute Gasteiger partial charge is 0.397 e. The Labute approximate surface area is 89.9 Å². The maximum atomic E-state index is 13.0. The van der Waals surface area contributed by atoms with Gasteiger partial charge in [0, 0.05) is 13.1 Å². The molecule has 0 aliphatic carbocycles. The Balaban J connectivity index is 2.09. The van der Waals surface area contributed by atoms with Crippen molar-refractivity contribution >= 4 is 11.4 Å². The first kappa shape index (κ1) is 10.3. The molecule has 2 rings (SSSR count). The number of benzene rings is 1. The van der Waals surface area contributed by atoms with Crippen LogP contribution in [-0.4, -0.2) is 13.1 Å². The molecule has 1 fully saturated rings. The molecule has 2 nitrogen and oxygen atoms in total. The second kappa shape index (κ2) is 3.72. The molecule has 0 radical (unpaired) electrons. The zero-order valence-corrected chi connectivity index (χ0v) is 9.20. The fourth-order valence-corrected chi connectivity index (χ4v) is 1.92. The van der Waals surface area contributed by atoms with Gasteiger partial charge in [-0.25, -0.2) is 4.39 Å². The number of rotatable bonds is 2. The summed E-state index contributed by atoms with van der Waals surface area (Å²) in [7, 11) is 0. The van der Waals surface area contributed by atoms with E-state index < -0.39 is 0 Å². The first-order chi connectivity index (χ1) is 7.08. The topological polar surface area (TPSA) is 29.3 Å². The highest BCUT2D eigenvalue weighted by molar-refractivity contribution is 5.68. The maximum Gasteiger partial charge on any atom is 0.125 e. The van der Waals surface area contributed by atoms with Crippen LogP contribution in [0.5, 0.6) is 0 Å².